The van der Waals surface area contributed by atoms with E-state index in [-0.39, 0.29) is 0 Å². The molecular weight excluding hydrogens is 302 g/mol. The maximum atomic E-state index is 5.26. The number of benzene rings is 1. The van der Waals surface area contributed by atoms with Gasteiger partial charge in [-0.25, -0.2) is 0 Å². The van der Waals surface area contributed by atoms with Gasteiger partial charge in [-0.05, 0) is 49.1 Å². The zero-order valence-electron chi connectivity index (χ0n) is 11.8. The molecule has 2 rings (SSSR count). The lowest BCUT2D eigenvalue weighted by Gasteiger charge is -2.11. The second-order valence-corrected chi connectivity index (χ2v) is 6.28. The summed E-state index contributed by atoms with van der Waals surface area (Å²) in [5.41, 5.74) is 1.26. The molecular formula is C16H24BrNO. The van der Waals surface area contributed by atoms with Crippen molar-refractivity contribution in [1.29, 1.82) is 0 Å². The van der Waals surface area contributed by atoms with Crippen molar-refractivity contribution in [3.05, 3.63) is 28.2 Å². The Kier molecular flexibility index (Phi) is 6.18. The molecule has 0 radical (unpaired) electrons. The Morgan fingerprint density at radius 2 is 2.11 bits per heavy atom. The summed E-state index contributed by atoms with van der Waals surface area (Å²) in [6.07, 6.45) is 8.52. The summed E-state index contributed by atoms with van der Waals surface area (Å²) in [5, 5.41) is 3.53. The smallest absolute Gasteiger partial charge is 0.119 e. The Balaban J connectivity index is 1.67. The molecule has 2 nitrogen and oxygen atoms in total. The van der Waals surface area contributed by atoms with E-state index in [1.807, 2.05) is 12.1 Å². The third kappa shape index (κ3) is 4.81. The summed E-state index contributed by atoms with van der Waals surface area (Å²) in [5.74, 6) is 1.93. The summed E-state index contributed by atoms with van der Waals surface area (Å²) in [6, 6.07) is 6.12. The summed E-state index contributed by atoms with van der Waals surface area (Å²) in [7, 11) is 1.71. The van der Waals surface area contributed by atoms with E-state index in [9.17, 15) is 0 Å². The van der Waals surface area contributed by atoms with Gasteiger partial charge in [0.2, 0.25) is 0 Å². The van der Waals surface area contributed by atoms with E-state index < -0.39 is 0 Å². The number of methoxy groups -OCH3 is 1. The molecule has 3 heteroatoms. The van der Waals surface area contributed by atoms with Gasteiger partial charge in [0.15, 0.2) is 0 Å². The van der Waals surface area contributed by atoms with Crippen LogP contribution in [0.5, 0.6) is 5.75 Å². The molecule has 1 aromatic carbocycles. The molecule has 19 heavy (non-hydrogen) atoms. The number of hydrogen-bond acceptors (Lipinski definition) is 2. The number of nitrogens with one attached hydrogen (secondary N) is 1. The van der Waals surface area contributed by atoms with E-state index in [1.165, 1.54) is 44.1 Å². The number of halogens is 1. The third-order valence-corrected chi connectivity index (χ3v) is 4.78. The van der Waals surface area contributed by atoms with Crippen LogP contribution in [0.15, 0.2) is 22.7 Å². The van der Waals surface area contributed by atoms with Crippen LogP contribution in [0.2, 0.25) is 0 Å². The van der Waals surface area contributed by atoms with Gasteiger partial charge in [-0.2, -0.15) is 0 Å². The molecule has 0 amide bonds. The maximum Gasteiger partial charge on any atom is 0.119 e. The van der Waals surface area contributed by atoms with E-state index in [2.05, 4.69) is 27.3 Å². The van der Waals surface area contributed by atoms with E-state index in [0.29, 0.717) is 0 Å². The van der Waals surface area contributed by atoms with Crippen LogP contribution in [0, 0.1) is 5.92 Å². The lowest BCUT2D eigenvalue weighted by atomic mass is 10.0. The molecule has 0 saturated heterocycles. The van der Waals surface area contributed by atoms with Crippen molar-refractivity contribution in [2.75, 3.05) is 13.7 Å². The Morgan fingerprint density at radius 3 is 2.84 bits per heavy atom. The molecule has 1 saturated carbocycles. The molecule has 0 spiro atoms. The summed E-state index contributed by atoms with van der Waals surface area (Å²) < 4.78 is 6.41. The number of ether oxygens (including phenoxy) is 1. The van der Waals surface area contributed by atoms with Crippen LogP contribution in [0.1, 0.15) is 44.1 Å². The van der Waals surface area contributed by atoms with Gasteiger partial charge < -0.3 is 10.1 Å². The normalized spacial score (nSPS) is 15.9. The standard InChI is InChI=1S/C16H24BrNO/c1-19-15-8-9-16(17)14(11-15)12-18-10-4-7-13-5-2-3-6-13/h8-9,11,13,18H,2-7,10,12H2,1H3. The first-order valence-electron chi connectivity index (χ1n) is 7.32. The van der Waals surface area contributed by atoms with Crippen LogP contribution in [-0.4, -0.2) is 13.7 Å². The van der Waals surface area contributed by atoms with Crippen molar-refractivity contribution in [1.82, 2.24) is 5.32 Å². The number of rotatable bonds is 7. The van der Waals surface area contributed by atoms with Gasteiger partial charge in [-0.1, -0.05) is 41.6 Å². The first-order chi connectivity index (χ1) is 9.29. The average Bonchev–Trinajstić information content (AvgIpc) is 2.93. The molecule has 1 aliphatic rings. The van der Waals surface area contributed by atoms with Gasteiger partial charge in [-0.3, -0.25) is 0 Å². The van der Waals surface area contributed by atoms with Gasteiger partial charge in [0.05, 0.1) is 7.11 Å². The van der Waals surface area contributed by atoms with E-state index in [4.69, 9.17) is 4.74 Å². The predicted molar refractivity (Wildman–Crippen MR) is 83.6 cm³/mol. The average molecular weight is 326 g/mol. The van der Waals surface area contributed by atoms with Gasteiger partial charge in [0, 0.05) is 11.0 Å². The molecule has 1 aliphatic carbocycles. The minimum absolute atomic E-state index is 0.905. The molecule has 0 unspecified atom stereocenters. The van der Waals surface area contributed by atoms with Crippen molar-refractivity contribution in [3.63, 3.8) is 0 Å². The molecule has 1 N–H and O–H groups in total. The first-order valence-corrected chi connectivity index (χ1v) is 8.12. The van der Waals surface area contributed by atoms with Gasteiger partial charge >= 0.3 is 0 Å². The predicted octanol–water partition coefficient (Wildman–Crippen LogP) is 4.52. The summed E-state index contributed by atoms with van der Waals surface area (Å²) in [6.45, 7) is 2.02. The maximum absolute atomic E-state index is 5.26. The van der Waals surface area contributed by atoms with Crippen LogP contribution in [0.25, 0.3) is 0 Å². The lowest BCUT2D eigenvalue weighted by Crippen LogP contribution is -2.15. The van der Waals surface area contributed by atoms with E-state index >= 15 is 0 Å². The lowest BCUT2D eigenvalue weighted by molar-refractivity contribution is 0.414. The molecule has 1 fully saturated rings. The van der Waals surface area contributed by atoms with Crippen molar-refractivity contribution >= 4 is 15.9 Å². The van der Waals surface area contributed by atoms with Gasteiger partial charge in [0.1, 0.15) is 5.75 Å². The van der Waals surface area contributed by atoms with E-state index in [0.717, 1.165) is 29.2 Å². The van der Waals surface area contributed by atoms with Gasteiger partial charge in [-0.15, -0.1) is 0 Å². The fraction of sp³-hybridized carbons (Fsp3) is 0.625. The highest BCUT2D eigenvalue weighted by Crippen LogP contribution is 2.28. The molecule has 0 heterocycles. The highest BCUT2D eigenvalue weighted by atomic mass is 79.9. The quantitative estimate of drug-likeness (QED) is 0.744. The first kappa shape index (κ1) is 14.9. The zero-order chi connectivity index (χ0) is 13.5. The SMILES string of the molecule is COc1ccc(Br)c(CNCCCC2CCCC2)c1. The van der Waals surface area contributed by atoms with Crippen molar-refractivity contribution in [3.8, 4) is 5.75 Å². The molecule has 0 aromatic heterocycles. The summed E-state index contributed by atoms with van der Waals surface area (Å²) in [4.78, 5) is 0. The third-order valence-electron chi connectivity index (χ3n) is 4.01. The molecule has 1 aromatic rings. The van der Waals surface area contributed by atoms with Gasteiger partial charge in [0.25, 0.3) is 0 Å². The minimum Gasteiger partial charge on any atom is -0.497 e. The highest BCUT2D eigenvalue weighted by molar-refractivity contribution is 9.10. The second kappa shape index (κ2) is 7.91. The largest absolute Gasteiger partial charge is 0.497 e. The van der Waals surface area contributed by atoms with Crippen LogP contribution >= 0.6 is 15.9 Å². The molecule has 106 valence electrons. The minimum atomic E-state index is 0.905. The Labute approximate surface area is 125 Å². The Morgan fingerprint density at radius 1 is 1.32 bits per heavy atom. The second-order valence-electron chi connectivity index (χ2n) is 5.43. The number of hydrogen-bond donors (Lipinski definition) is 1. The topological polar surface area (TPSA) is 21.3 Å². The molecule has 0 aliphatic heterocycles. The van der Waals surface area contributed by atoms with Crippen LogP contribution in [0.4, 0.5) is 0 Å². The van der Waals surface area contributed by atoms with E-state index in [1.54, 1.807) is 7.11 Å². The molecule has 0 bridgehead atoms. The summed E-state index contributed by atoms with van der Waals surface area (Å²) >= 11 is 3.59. The Hall–Kier alpha value is -0.540. The molecule has 0 atom stereocenters. The van der Waals surface area contributed by atoms with Crippen molar-refractivity contribution < 1.29 is 4.74 Å². The van der Waals surface area contributed by atoms with Crippen molar-refractivity contribution in [2.24, 2.45) is 5.92 Å². The van der Waals surface area contributed by atoms with Crippen LogP contribution in [-0.2, 0) is 6.54 Å². The monoisotopic (exact) mass is 325 g/mol. The zero-order valence-corrected chi connectivity index (χ0v) is 13.3. The van der Waals surface area contributed by atoms with Crippen LogP contribution in [0.3, 0.4) is 0 Å². The fourth-order valence-electron chi connectivity index (χ4n) is 2.85. The highest BCUT2D eigenvalue weighted by Gasteiger charge is 2.13. The van der Waals surface area contributed by atoms with Crippen molar-refractivity contribution in [2.45, 2.75) is 45.1 Å². The Bertz CT molecular complexity index is 388. The van der Waals surface area contributed by atoms with Crippen LogP contribution < -0.4 is 10.1 Å². The fourth-order valence-corrected chi connectivity index (χ4v) is 3.24.